The zero-order valence-corrected chi connectivity index (χ0v) is 8.95. The first-order chi connectivity index (χ1) is 8.14. The molecule has 0 aliphatic carbocycles. The van der Waals surface area contributed by atoms with Crippen molar-refractivity contribution in [2.45, 2.75) is 11.8 Å². The summed E-state index contributed by atoms with van der Waals surface area (Å²) in [6.07, 6.45) is -5.40. The lowest BCUT2D eigenvalue weighted by atomic mass is 9.93. The van der Waals surface area contributed by atoms with Gasteiger partial charge in [-0.3, -0.25) is 0 Å². The highest BCUT2D eigenvalue weighted by molar-refractivity contribution is 5.82. The molecule has 0 saturated heterocycles. The maximum absolute atomic E-state index is 13.0. The Morgan fingerprint density at radius 2 is 1.89 bits per heavy atom. The number of carbonyl (C=O) groups is 1. The summed E-state index contributed by atoms with van der Waals surface area (Å²) >= 11 is 0. The minimum atomic E-state index is -5.40. The summed E-state index contributed by atoms with van der Waals surface area (Å²) in [6.45, 7) is 0. The summed E-state index contributed by atoms with van der Waals surface area (Å²) in [5, 5.41) is 18.3. The van der Waals surface area contributed by atoms with Gasteiger partial charge >= 0.3 is 12.1 Å². The first-order valence-corrected chi connectivity index (χ1v) is 4.51. The van der Waals surface area contributed by atoms with Crippen molar-refractivity contribution in [2.24, 2.45) is 0 Å². The second kappa shape index (κ2) is 4.45. The van der Waals surface area contributed by atoms with Crippen LogP contribution in [0.1, 0.15) is 5.56 Å². The third kappa shape index (κ3) is 2.10. The zero-order chi connectivity index (χ0) is 14.1. The predicted octanol–water partition coefficient (Wildman–Crippen LogP) is 1.45. The Hall–Kier alpha value is -1.83. The number of ether oxygens (including phenoxy) is 1. The molecule has 1 rings (SSSR count). The van der Waals surface area contributed by atoms with E-state index in [1.807, 2.05) is 0 Å². The summed E-state index contributed by atoms with van der Waals surface area (Å²) < 4.78 is 55.0. The molecule has 1 aromatic rings. The van der Waals surface area contributed by atoms with Crippen molar-refractivity contribution in [3.05, 3.63) is 29.6 Å². The third-order valence-electron chi connectivity index (χ3n) is 2.26. The SMILES string of the molecule is COC(=O)[C@](O)(c1ccc(O)c(F)c1)C(F)(F)F. The van der Waals surface area contributed by atoms with Crippen LogP contribution in [0.15, 0.2) is 18.2 Å². The van der Waals surface area contributed by atoms with Gasteiger partial charge in [-0.05, 0) is 12.1 Å². The van der Waals surface area contributed by atoms with Crippen LogP contribution < -0.4 is 0 Å². The predicted molar refractivity (Wildman–Crippen MR) is 50.0 cm³/mol. The van der Waals surface area contributed by atoms with E-state index < -0.39 is 34.9 Å². The molecule has 0 unspecified atom stereocenters. The summed E-state index contributed by atoms with van der Waals surface area (Å²) in [6, 6.07) is 1.37. The summed E-state index contributed by atoms with van der Waals surface area (Å²) in [7, 11) is 0.649. The van der Waals surface area contributed by atoms with E-state index in [2.05, 4.69) is 4.74 Å². The topological polar surface area (TPSA) is 66.8 Å². The maximum atomic E-state index is 13.0. The van der Waals surface area contributed by atoms with Crippen molar-refractivity contribution in [3.8, 4) is 5.75 Å². The van der Waals surface area contributed by atoms with Crippen LogP contribution in [0.5, 0.6) is 5.75 Å². The van der Waals surface area contributed by atoms with Crippen molar-refractivity contribution in [2.75, 3.05) is 7.11 Å². The number of carbonyl (C=O) groups excluding carboxylic acids is 1. The average molecular weight is 268 g/mol. The van der Waals surface area contributed by atoms with Gasteiger partial charge < -0.3 is 14.9 Å². The standard InChI is InChI=1S/C10H8F4O4/c1-18-8(16)9(17,10(12,13)14)5-2-3-7(15)6(11)4-5/h2-4,15,17H,1H3/t9-/m1/s1. The Bertz CT molecular complexity index is 471. The normalized spacial score (nSPS) is 15.0. The largest absolute Gasteiger partial charge is 0.505 e. The number of methoxy groups -OCH3 is 1. The molecule has 4 nitrogen and oxygen atoms in total. The minimum Gasteiger partial charge on any atom is -0.505 e. The second-order valence-electron chi connectivity index (χ2n) is 3.37. The molecule has 0 aliphatic rings. The molecule has 0 amide bonds. The zero-order valence-electron chi connectivity index (χ0n) is 8.95. The van der Waals surface area contributed by atoms with Gasteiger partial charge in [-0.15, -0.1) is 0 Å². The van der Waals surface area contributed by atoms with Gasteiger partial charge in [0, 0.05) is 5.56 Å². The van der Waals surface area contributed by atoms with Gasteiger partial charge in [-0.2, -0.15) is 13.2 Å². The van der Waals surface area contributed by atoms with E-state index in [1.165, 1.54) is 0 Å². The molecule has 1 atom stereocenters. The molecule has 1 aromatic carbocycles. The monoisotopic (exact) mass is 268 g/mol. The Morgan fingerprint density at radius 1 is 1.33 bits per heavy atom. The number of hydrogen-bond donors (Lipinski definition) is 2. The van der Waals surface area contributed by atoms with Gasteiger partial charge in [-0.1, -0.05) is 6.07 Å². The lowest BCUT2D eigenvalue weighted by Gasteiger charge is -2.27. The van der Waals surface area contributed by atoms with Crippen LogP contribution >= 0.6 is 0 Å². The van der Waals surface area contributed by atoms with Gasteiger partial charge in [0.15, 0.2) is 11.6 Å². The Morgan fingerprint density at radius 3 is 2.28 bits per heavy atom. The molecular formula is C10H8F4O4. The van der Waals surface area contributed by atoms with Crippen molar-refractivity contribution < 1.29 is 37.3 Å². The first-order valence-electron chi connectivity index (χ1n) is 4.51. The van der Waals surface area contributed by atoms with E-state index in [0.717, 1.165) is 0 Å². The molecule has 0 aromatic heterocycles. The van der Waals surface area contributed by atoms with Crippen LogP contribution in [0.4, 0.5) is 17.6 Å². The van der Waals surface area contributed by atoms with Gasteiger partial charge in [-0.25, -0.2) is 9.18 Å². The number of aromatic hydroxyl groups is 1. The van der Waals surface area contributed by atoms with E-state index in [0.29, 0.717) is 19.2 Å². The molecule has 0 bridgehead atoms. The van der Waals surface area contributed by atoms with E-state index in [4.69, 9.17) is 5.11 Å². The van der Waals surface area contributed by atoms with E-state index in [9.17, 15) is 27.5 Å². The highest BCUT2D eigenvalue weighted by Gasteiger charge is 2.62. The number of phenols is 1. The molecule has 2 N–H and O–H groups in total. The number of rotatable bonds is 2. The third-order valence-corrected chi connectivity index (χ3v) is 2.26. The Labute approximate surface area is 98.4 Å². The van der Waals surface area contributed by atoms with Crippen molar-refractivity contribution in [1.82, 2.24) is 0 Å². The quantitative estimate of drug-likeness (QED) is 0.629. The van der Waals surface area contributed by atoms with Gasteiger partial charge in [0.25, 0.3) is 5.60 Å². The highest BCUT2D eigenvalue weighted by Crippen LogP contribution is 2.40. The number of hydrogen-bond acceptors (Lipinski definition) is 4. The van der Waals surface area contributed by atoms with Crippen LogP contribution in [-0.2, 0) is 15.1 Å². The van der Waals surface area contributed by atoms with Crippen LogP contribution in [0.25, 0.3) is 0 Å². The number of halogens is 4. The number of esters is 1. The summed E-state index contributed by atoms with van der Waals surface area (Å²) in [4.78, 5) is 11.1. The van der Waals surface area contributed by atoms with Crippen LogP contribution in [0.2, 0.25) is 0 Å². The molecule has 0 radical (unpaired) electrons. The average Bonchev–Trinajstić information content (AvgIpc) is 2.29. The Kier molecular flexibility index (Phi) is 3.52. The molecule has 8 heteroatoms. The van der Waals surface area contributed by atoms with Gasteiger partial charge in [0.2, 0.25) is 0 Å². The number of benzene rings is 1. The molecule has 0 heterocycles. The molecule has 0 spiro atoms. The lowest BCUT2D eigenvalue weighted by molar-refractivity contribution is -0.266. The molecular weight excluding hydrogens is 260 g/mol. The van der Waals surface area contributed by atoms with Crippen molar-refractivity contribution >= 4 is 5.97 Å². The van der Waals surface area contributed by atoms with E-state index >= 15 is 0 Å². The van der Waals surface area contributed by atoms with Crippen LogP contribution in [-0.4, -0.2) is 29.5 Å². The maximum Gasteiger partial charge on any atom is 0.432 e. The van der Waals surface area contributed by atoms with Crippen molar-refractivity contribution in [1.29, 1.82) is 0 Å². The van der Waals surface area contributed by atoms with E-state index in [-0.39, 0.29) is 6.07 Å². The molecule has 0 fully saturated rings. The Balaban J connectivity index is 3.45. The fourth-order valence-corrected chi connectivity index (χ4v) is 1.28. The smallest absolute Gasteiger partial charge is 0.432 e. The summed E-state index contributed by atoms with van der Waals surface area (Å²) in [5.41, 5.74) is -5.08. The van der Waals surface area contributed by atoms with E-state index in [1.54, 1.807) is 0 Å². The highest BCUT2D eigenvalue weighted by atomic mass is 19.4. The second-order valence-corrected chi connectivity index (χ2v) is 3.37. The number of aliphatic hydroxyl groups is 1. The van der Waals surface area contributed by atoms with Gasteiger partial charge in [0.1, 0.15) is 0 Å². The fourth-order valence-electron chi connectivity index (χ4n) is 1.28. The molecule has 0 aliphatic heterocycles. The van der Waals surface area contributed by atoms with Gasteiger partial charge in [0.05, 0.1) is 7.11 Å². The molecule has 18 heavy (non-hydrogen) atoms. The summed E-state index contributed by atoms with van der Waals surface area (Å²) in [5.74, 6) is -4.31. The lowest BCUT2D eigenvalue weighted by Crippen LogP contribution is -2.49. The fraction of sp³-hybridized carbons (Fsp3) is 0.300. The molecule has 100 valence electrons. The first kappa shape index (κ1) is 14.2. The van der Waals surface area contributed by atoms with Crippen molar-refractivity contribution in [3.63, 3.8) is 0 Å². The number of alkyl halides is 3. The molecule has 0 saturated carbocycles. The minimum absolute atomic E-state index is 0.208. The van der Waals surface area contributed by atoms with Crippen LogP contribution in [0, 0.1) is 5.82 Å². The van der Waals surface area contributed by atoms with Crippen LogP contribution in [0.3, 0.4) is 0 Å². The number of phenolic OH excluding ortho intramolecular Hbond substituents is 1.